The van der Waals surface area contributed by atoms with Crippen LogP contribution in [0.4, 0.5) is 5.82 Å². The van der Waals surface area contributed by atoms with Gasteiger partial charge in [-0.3, -0.25) is 0 Å². The fourth-order valence-electron chi connectivity index (χ4n) is 1.94. The summed E-state index contributed by atoms with van der Waals surface area (Å²) in [6.07, 6.45) is 0. The van der Waals surface area contributed by atoms with Crippen molar-refractivity contribution in [2.75, 3.05) is 5.32 Å². The first-order valence-electron chi connectivity index (χ1n) is 6.10. The summed E-state index contributed by atoms with van der Waals surface area (Å²) in [4.78, 5) is 11.5. The van der Waals surface area contributed by atoms with E-state index in [4.69, 9.17) is 0 Å². The zero-order valence-electron chi connectivity index (χ0n) is 10.7. The van der Waals surface area contributed by atoms with Gasteiger partial charge < -0.3 is 5.32 Å². The van der Waals surface area contributed by atoms with Crippen LogP contribution < -0.4 is 11.0 Å². The third kappa shape index (κ3) is 2.44. The molecule has 0 aliphatic rings. The summed E-state index contributed by atoms with van der Waals surface area (Å²) in [5.41, 5.74) is 1.28. The molecular weight excluding hydrogens is 322 g/mol. The van der Waals surface area contributed by atoms with Crippen LogP contribution in [0.5, 0.6) is 0 Å². The van der Waals surface area contributed by atoms with E-state index in [9.17, 15) is 4.79 Å². The van der Waals surface area contributed by atoms with Gasteiger partial charge in [-0.2, -0.15) is 9.61 Å². The third-order valence-electron chi connectivity index (χ3n) is 3.01. The van der Waals surface area contributed by atoms with Gasteiger partial charge in [0, 0.05) is 10.5 Å². The van der Waals surface area contributed by atoms with Crippen LogP contribution in [0, 0.1) is 0 Å². The van der Waals surface area contributed by atoms with Crippen LogP contribution in [-0.4, -0.2) is 19.8 Å². The number of aromatic amines is 1. The van der Waals surface area contributed by atoms with Crippen molar-refractivity contribution in [3.8, 4) is 0 Å². The lowest BCUT2D eigenvalue weighted by Gasteiger charge is -2.14. The molecule has 0 aliphatic carbocycles. The van der Waals surface area contributed by atoms with Crippen LogP contribution in [0.3, 0.4) is 0 Å². The first kappa shape index (κ1) is 12.9. The number of hydrogen-bond donors (Lipinski definition) is 2. The molecule has 7 heteroatoms. The number of halogens is 1. The van der Waals surface area contributed by atoms with Crippen molar-refractivity contribution in [1.82, 2.24) is 19.8 Å². The molecule has 0 bridgehead atoms. The Kier molecular flexibility index (Phi) is 3.27. The summed E-state index contributed by atoms with van der Waals surface area (Å²) in [5, 5.41) is 13.7. The molecule has 0 spiro atoms. The van der Waals surface area contributed by atoms with E-state index in [2.05, 4.69) is 36.5 Å². The van der Waals surface area contributed by atoms with Crippen LogP contribution in [0.15, 0.2) is 45.7 Å². The Bertz CT molecular complexity index is 792. The van der Waals surface area contributed by atoms with Crippen molar-refractivity contribution in [2.24, 2.45) is 0 Å². The van der Waals surface area contributed by atoms with Gasteiger partial charge in [-0.1, -0.05) is 28.1 Å². The summed E-state index contributed by atoms with van der Waals surface area (Å²) in [6, 6.07) is 11.7. The highest BCUT2D eigenvalue weighted by atomic mass is 79.9. The molecule has 0 saturated carbocycles. The summed E-state index contributed by atoms with van der Waals surface area (Å²) in [5.74, 6) is 0.622. The molecule has 0 aliphatic heterocycles. The Morgan fingerprint density at radius 3 is 2.75 bits per heavy atom. The summed E-state index contributed by atoms with van der Waals surface area (Å²) < 4.78 is 2.27. The van der Waals surface area contributed by atoms with Crippen molar-refractivity contribution in [3.05, 3.63) is 56.9 Å². The molecule has 0 saturated heterocycles. The number of benzene rings is 1. The fourth-order valence-corrected chi connectivity index (χ4v) is 2.20. The predicted octanol–water partition coefficient (Wildman–Crippen LogP) is 2.35. The molecule has 2 aromatic heterocycles. The SMILES string of the molecule is CC(Nc1ccc2n[nH]c(=O)n2n1)c1ccc(Br)cc1. The summed E-state index contributed by atoms with van der Waals surface area (Å²) in [7, 11) is 0. The van der Waals surface area contributed by atoms with Gasteiger partial charge in [-0.15, -0.1) is 5.10 Å². The van der Waals surface area contributed by atoms with Crippen LogP contribution in [0.2, 0.25) is 0 Å². The normalized spacial score (nSPS) is 12.5. The number of fused-ring (bicyclic) bond motifs is 1. The van der Waals surface area contributed by atoms with Crippen molar-refractivity contribution < 1.29 is 0 Å². The zero-order chi connectivity index (χ0) is 14.1. The number of nitrogens with one attached hydrogen (secondary N) is 2. The van der Waals surface area contributed by atoms with Crippen molar-refractivity contribution in [2.45, 2.75) is 13.0 Å². The number of rotatable bonds is 3. The predicted molar refractivity (Wildman–Crippen MR) is 79.8 cm³/mol. The highest BCUT2D eigenvalue weighted by Crippen LogP contribution is 2.19. The molecule has 1 aromatic carbocycles. The van der Waals surface area contributed by atoms with Gasteiger partial charge in [-0.25, -0.2) is 9.89 Å². The Morgan fingerprint density at radius 1 is 1.25 bits per heavy atom. The minimum Gasteiger partial charge on any atom is -0.362 e. The Labute approximate surface area is 123 Å². The van der Waals surface area contributed by atoms with E-state index < -0.39 is 0 Å². The standard InChI is InChI=1S/C13H12BrN5O/c1-8(9-2-4-10(14)5-3-9)15-11-6-7-12-16-17-13(20)19(12)18-11/h2-8H,1H3,(H,15,18)(H,17,20). The van der Waals surface area contributed by atoms with E-state index in [1.165, 1.54) is 4.52 Å². The monoisotopic (exact) mass is 333 g/mol. The van der Waals surface area contributed by atoms with Crippen molar-refractivity contribution in [1.29, 1.82) is 0 Å². The highest BCUT2D eigenvalue weighted by molar-refractivity contribution is 9.10. The van der Waals surface area contributed by atoms with Crippen molar-refractivity contribution in [3.63, 3.8) is 0 Å². The van der Waals surface area contributed by atoms with Gasteiger partial charge in [0.25, 0.3) is 0 Å². The first-order valence-corrected chi connectivity index (χ1v) is 6.89. The molecule has 20 heavy (non-hydrogen) atoms. The van der Waals surface area contributed by atoms with Gasteiger partial charge in [0.15, 0.2) is 5.65 Å². The average molecular weight is 334 g/mol. The maximum absolute atomic E-state index is 11.5. The molecule has 102 valence electrons. The molecular formula is C13H12BrN5O. The zero-order valence-corrected chi connectivity index (χ0v) is 12.3. The molecule has 3 rings (SSSR count). The third-order valence-corrected chi connectivity index (χ3v) is 3.54. The highest BCUT2D eigenvalue weighted by Gasteiger charge is 2.08. The smallest absolute Gasteiger partial charge is 0.362 e. The van der Waals surface area contributed by atoms with Crippen LogP contribution in [0.25, 0.3) is 5.65 Å². The van der Waals surface area contributed by atoms with Crippen molar-refractivity contribution >= 4 is 27.4 Å². The maximum atomic E-state index is 11.5. The number of anilines is 1. The van der Waals surface area contributed by atoms with E-state index in [0.717, 1.165) is 10.0 Å². The van der Waals surface area contributed by atoms with Gasteiger partial charge in [0.05, 0.1) is 0 Å². The maximum Gasteiger partial charge on any atom is 0.364 e. The Balaban J connectivity index is 1.86. The lowest BCUT2D eigenvalue weighted by Crippen LogP contribution is -2.15. The van der Waals surface area contributed by atoms with Gasteiger partial charge in [0.2, 0.25) is 0 Å². The second kappa shape index (κ2) is 5.09. The number of H-pyrrole nitrogens is 1. The number of nitrogens with zero attached hydrogens (tertiary/aromatic N) is 3. The molecule has 0 radical (unpaired) electrons. The van der Waals surface area contributed by atoms with Gasteiger partial charge >= 0.3 is 5.69 Å². The minimum absolute atomic E-state index is 0.0793. The van der Waals surface area contributed by atoms with E-state index in [1.54, 1.807) is 12.1 Å². The molecule has 1 unspecified atom stereocenters. The minimum atomic E-state index is -0.347. The van der Waals surface area contributed by atoms with E-state index in [-0.39, 0.29) is 11.7 Å². The molecule has 0 fully saturated rings. The number of aromatic nitrogens is 4. The average Bonchev–Trinajstić information content (AvgIpc) is 2.81. The van der Waals surface area contributed by atoms with Crippen LogP contribution >= 0.6 is 15.9 Å². The molecule has 3 aromatic rings. The molecule has 6 nitrogen and oxygen atoms in total. The quantitative estimate of drug-likeness (QED) is 0.771. The molecule has 2 heterocycles. The second-order valence-corrected chi connectivity index (χ2v) is 5.35. The van der Waals surface area contributed by atoms with E-state index in [0.29, 0.717) is 11.5 Å². The summed E-state index contributed by atoms with van der Waals surface area (Å²) >= 11 is 3.41. The largest absolute Gasteiger partial charge is 0.364 e. The van der Waals surface area contributed by atoms with Crippen LogP contribution in [-0.2, 0) is 0 Å². The Hall–Kier alpha value is -2.15. The van der Waals surface area contributed by atoms with Gasteiger partial charge in [-0.05, 0) is 36.8 Å². The van der Waals surface area contributed by atoms with E-state index >= 15 is 0 Å². The van der Waals surface area contributed by atoms with Gasteiger partial charge in [0.1, 0.15) is 5.82 Å². The topological polar surface area (TPSA) is 75.1 Å². The summed E-state index contributed by atoms with van der Waals surface area (Å²) in [6.45, 7) is 2.03. The van der Waals surface area contributed by atoms with E-state index in [1.807, 2.05) is 31.2 Å². The lowest BCUT2D eigenvalue weighted by atomic mass is 10.1. The Morgan fingerprint density at radius 2 is 2.00 bits per heavy atom. The lowest BCUT2D eigenvalue weighted by molar-refractivity contribution is 0.830. The van der Waals surface area contributed by atoms with Crippen LogP contribution in [0.1, 0.15) is 18.5 Å². The number of hydrogen-bond acceptors (Lipinski definition) is 4. The molecule has 1 atom stereocenters. The fraction of sp³-hybridized carbons (Fsp3) is 0.154. The first-order chi connectivity index (χ1) is 9.63. The molecule has 2 N–H and O–H groups in total. The second-order valence-electron chi connectivity index (χ2n) is 4.43. The molecule has 0 amide bonds.